The van der Waals surface area contributed by atoms with Crippen LogP contribution in [0.15, 0.2) is 23.1 Å². The van der Waals surface area contributed by atoms with Gasteiger partial charge in [0.25, 0.3) is 5.56 Å². The first-order valence-electron chi connectivity index (χ1n) is 8.77. The molecule has 22 heavy (non-hydrogen) atoms. The Hall–Kier alpha value is -1.64. The van der Waals surface area contributed by atoms with E-state index in [0.717, 1.165) is 48.2 Å². The van der Waals surface area contributed by atoms with Crippen molar-refractivity contribution in [3.63, 3.8) is 0 Å². The number of fused-ring (bicyclic) bond motifs is 2. The van der Waals surface area contributed by atoms with Crippen molar-refractivity contribution in [2.75, 3.05) is 0 Å². The molecule has 0 bridgehead atoms. The Morgan fingerprint density at radius 3 is 2.32 bits per heavy atom. The molecule has 3 rings (SSSR count). The van der Waals surface area contributed by atoms with Crippen LogP contribution in [0.3, 0.4) is 0 Å². The first-order valence-corrected chi connectivity index (χ1v) is 8.77. The molecule has 1 aliphatic rings. The van der Waals surface area contributed by atoms with E-state index in [9.17, 15) is 4.79 Å². The zero-order valence-corrected chi connectivity index (χ0v) is 13.6. The number of aromatic nitrogens is 2. The lowest BCUT2D eigenvalue weighted by Gasteiger charge is -2.13. The van der Waals surface area contributed by atoms with E-state index in [0.29, 0.717) is 0 Å². The summed E-state index contributed by atoms with van der Waals surface area (Å²) in [5.41, 5.74) is 4.08. The minimum absolute atomic E-state index is 0.153. The van der Waals surface area contributed by atoms with E-state index < -0.39 is 0 Å². The molecular formula is C19H26N2O. The summed E-state index contributed by atoms with van der Waals surface area (Å²) in [6.45, 7) is 2.03. The molecule has 0 unspecified atom stereocenters. The van der Waals surface area contributed by atoms with Gasteiger partial charge in [0.1, 0.15) is 5.65 Å². The zero-order valence-electron chi connectivity index (χ0n) is 13.6. The fraction of sp³-hybridized carbons (Fsp3) is 0.579. The van der Waals surface area contributed by atoms with Gasteiger partial charge in [-0.25, -0.2) is 4.98 Å². The number of hydrogen-bond acceptors (Lipinski definition) is 2. The van der Waals surface area contributed by atoms with Crippen molar-refractivity contribution in [2.45, 2.75) is 71.1 Å². The lowest BCUT2D eigenvalue weighted by Crippen LogP contribution is -2.23. The van der Waals surface area contributed by atoms with Gasteiger partial charge in [-0.05, 0) is 44.2 Å². The van der Waals surface area contributed by atoms with Gasteiger partial charge in [0.15, 0.2) is 0 Å². The summed E-state index contributed by atoms with van der Waals surface area (Å²) in [5.74, 6) is 0. The SMILES string of the molecule is Cc1cccn2c(=O)c3c(nc12)CCCCCCCCCC3. The fourth-order valence-electron chi connectivity index (χ4n) is 3.49. The van der Waals surface area contributed by atoms with E-state index in [1.165, 1.54) is 38.5 Å². The zero-order chi connectivity index (χ0) is 15.4. The van der Waals surface area contributed by atoms with Crippen LogP contribution in [-0.4, -0.2) is 9.38 Å². The largest absolute Gasteiger partial charge is 0.269 e. The van der Waals surface area contributed by atoms with Crippen LogP contribution in [-0.2, 0) is 12.8 Å². The van der Waals surface area contributed by atoms with Crippen LogP contribution < -0.4 is 5.56 Å². The van der Waals surface area contributed by atoms with Gasteiger partial charge in [-0.1, -0.05) is 44.6 Å². The van der Waals surface area contributed by atoms with Crippen LogP contribution in [0.5, 0.6) is 0 Å². The molecule has 2 aromatic heterocycles. The smallest absolute Gasteiger partial charge is 0.261 e. The van der Waals surface area contributed by atoms with Crippen molar-refractivity contribution in [3.05, 3.63) is 45.5 Å². The molecule has 2 aromatic rings. The number of nitrogens with zero attached hydrogens (tertiary/aromatic N) is 2. The Morgan fingerprint density at radius 2 is 1.59 bits per heavy atom. The second kappa shape index (κ2) is 7.08. The summed E-state index contributed by atoms with van der Waals surface area (Å²) >= 11 is 0. The Morgan fingerprint density at radius 1 is 0.955 bits per heavy atom. The van der Waals surface area contributed by atoms with Crippen molar-refractivity contribution in [3.8, 4) is 0 Å². The molecule has 3 heteroatoms. The summed E-state index contributed by atoms with van der Waals surface area (Å²) in [6.07, 6.45) is 13.8. The Kier molecular flexibility index (Phi) is 4.91. The van der Waals surface area contributed by atoms with E-state index >= 15 is 0 Å². The summed E-state index contributed by atoms with van der Waals surface area (Å²) in [5, 5.41) is 0. The molecule has 0 fully saturated rings. The molecular weight excluding hydrogens is 272 g/mol. The van der Waals surface area contributed by atoms with Gasteiger partial charge in [-0.3, -0.25) is 9.20 Å². The van der Waals surface area contributed by atoms with Gasteiger partial charge in [0.05, 0.1) is 5.69 Å². The van der Waals surface area contributed by atoms with Crippen molar-refractivity contribution in [1.82, 2.24) is 9.38 Å². The van der Waals surface area contributed by atoms with Gasteiger partial charge < -0.3 is 0 Å². The average molecular weight is 298 g/mol. The predicted octanol–water partition coefficient (Wildman–Crippen LogP) is 4.22. The van der Waals surface area contributed by atoms with Gasteiger partial charge >= 0.3 is 0 Å². The minimum Gasteiger partial charge on any atom is -0.269 e. The fourth-order valence-corrected chi connectivity index (χ4v) is 3.49. The number of aryl methyl sites for hydroxylation is 2. The van der Waals surface area contributed by atoms with Gasteiger partial charge in [0.2, 0.25) is 0 Å². The molecule has 0 saturated heterocycles. The average Bonchev–Trinajstić information content (AvgIpc) is 2.50. The maximum absolute atomic E-state index is 12.9. The molecule has 0 aromatic carbocycles. The summed E-state index contributed by atoms with van der Waals surface area (Å²) in [7, 11) is 0. The van der Waals surface area contributed by atoms with Crippen molar-refractivity contribution >= 4 is 5.65 Å². The van der Waals surface area contributed by atoms with E-state index in [-0.39, 0.29) is 5.56 Å². The predicted molar refractivity (Wildman–Crippen MR) is 90.5 cm³/mol. The van der Waals surface area contributed by atoms with E-state index in [1.54, 1.807) is 4.40 Å². The van der Waals surface area contributed by atoms with Crippen molar-refractivity contribution < 1.29 is 0 Å². The Labute approximate surface area is 132 Å². The van der Waals surface area contributed by atoms with Crippen LogP contribution >= 0.6 is 0 Å². The minimum atomic E-state index is 0.153. The standard InChI is InChI=1S/C19H26N2O/c1-15-11-10-14-21-18(15)20-17-13-9-7-5-3-2-4-6-8-12-16(17)19(21)22/h10-11,14H,2-9,12-13H2,1H3. The summed E-state index contributed by atoms with van der Waals surface area (Å²) in [4.78, 5) is 17.7. The number of hydrogen-bond donors (Lipinski definition) is 0. The molecule has 0 aliphatic heterocycles. The van der Waals surface area contributed by atoms with Crippen LogP contribution in [0.2, 0.25) is 0 Å². The molecule has 0 saturated carbocycles. The molecule has 2 heterocycles. The number of pyridine rings is 1. The van der Waals surface area contributed by atoms with Crippen LogP contribution in [0.25, 0.3) is 5.65 Å². The summed E-state index contributed by atoms with van der Waals surface area (Å²) < 4.78 is 1.74. The highest BCUT2D eigenvalue weighted by atomic mass is 16.1. The highest BCUT2D eigenvalue weighted by molar-refractivity contribution is 5.48. The van der Waals surface area contributed by atoms with E-state index in [2.05, 4.69) is 0 Å². The van der Waals surface area contributed by atoms with Gasteiger partial charge in [-0.15, -0.1) is 0 Å². The lowest BCUT2D eigenvalue weighted by molar-refractivity contribution is 0.555. The van der Waals surface area contributed by atoms with Gasteiger partial charge in [0, 0.05) is 11.8 Å². The monoisotopic (exact) mass is 298 g/mol. The van der Waals surface area contributed by atoms with Gasteiger partial charge in [-0.2, -0.15) is 0 Å². The van der Waals surface area contributed by atoms with Crippen LogP contribution in [0.4, 0.5) is 0 Å². The first-order chi connectivity index (χ1) is 10.8. The molecule has 0 atom stereocenters. The molecule has 118 valence electrons. The van der Waals surface area contributed by atoms with Crippen molar-refractivity contribution in [1.29, 1.82) is 0 Å². The van der Waals surface area contributed by atoms with Crippen molar-refractivity contribution in [2.24, 2.45) is 0 Å². The molecule has 0 spiro atoms. The topological polar surface area (TPSA) is 34.4 Å². The molecule has 0 radical (unpaired) electrons. The van der Waals surface area contributed by atoms with E-state index in [1.807, 2.05) is 25.3 Å². The third-order valence-electron chi connectivity index (χ3n) is 4.82. The van der Waals surface area contributed by atoms with Crippen LogP contribution in [0, 0.1) is 6.92 Å². The summed E-state index contributed by atoms with van der Waals surface area (Å²) in [6, 6.07) is 3.97. The highest BCUT2D eigenvalue weighted by Crippen LogP contribution is 2.17. The highest BCUT2D eigenvalue weighted by Gasteiger charge is 2.13. The second-order valence-electron chi connectivity index (χ2n) is 6.56. The number of rotatable bonds is 0. The third-order valence-corrected chi connectivity index (χ3v) is 4.82. The van der Waals surface area contributed by atoms with Crippen LogP contribution in [0.1, 0.15) is 68.2 Å². The third kappa shape index (κ3) is 3.23. The Balaban J connectivity index is 2.03. The molecule has 0 N–H and O–H groups in total. The lowest BCUT2D eigenvalue weighted by atomic mass is 9.99. The quantitative estimate of drug-likeness (QED) is 0.729. The second-order valence-corrected chi connectivity index (χ2v) is 6.56. The van der Waals surface area contributed by atoms with E-state index in [4.69, 9.17) is 4.98 Å². The molecule has 3 nitrogen and oxygen atoms in total. The first kappa shape index (κ1) is 15.3. The normalized spacial score (nSPS) is 17.5. The maximum atomic E-state index is 12.9. The Bertz CT molecular complexity index is 702. The maximum Gasteiger partial charge on any atom is 0.261 e. The molecule has 1 aliphatic carbocycles. The molecule has 0 amide bonds.